The molecule has 0 aliphatic heterocycles. The molecule has 2 N–H and O–H groups in total. The van der Waals surface area contributed by atoms with Crippen molar-refractivity contribution in [2.24, 2.45) is 0 Å². The topological polar surface area (TPSA) is 78.6 Å². The van der Waals surface area contributed by atoms with Gasteiger partial charge in [0.05, 0.1) is 23.7 Å². The third kappa shape index (κ3) is 4.14. The Hall–Kier alpha value is -3.36. The summed E-state index contributed by atoms with van der Waals surface area (Å²) in [5.41, 5.74) is 4.91. The highest BCUT2D eigenvalue weighted by molar-refractivity contribution is 5.80. The molecule has 0 fully saturated rings. The Morgan fingerprint density at radius 3 is 2.63 bits per heavy atom. The Balaban J connectivity index is 1.89. The van der Waals surface area contributed by atoms with Crippen LogP contribution >= 0.6 is 0 Å². The third-order valence-corrected chi connectivity index (χ3v) is 4.60. The van der Waals surface area contributed by atoms with E-state index in [2.05, 4.69) is 26.3 Å². The van der Waals surface area contributed by atoms with E-state index in [1.165, 1.54) is 12.1 Å². The average molecular weight is 406 g/mol. The lowest BCUT2D eigenvalue weighted by atomic mass is 10.1. The van der Waals surface area contributed by atoms with E-state index < -0.39 is 0 Å². The lowest BCUT2D eigenvalue weighted by molar-refractivity contribution is 0.311. The molecular weight excluding hydrogens is 383 g/mol. The Kier molecular flexibility index (Phi) is 5.69. The number of aliphatic hydroxyl groups excluding tert-OH is 1. The minimum atomic E-state index is -0.296. The second-order valence-electron chi connectivity index (χ2n) is 7.23. The molecule has 3 aromatic heterocycles. The number of fused-ring (bicyclic) bond motifs is 1. The second-order valence-corrected chi connectivity index (χ2v) is 7.23. The first kappa shape index (κ1) is 19.9. The predicted molar refractivity (Wildman–Crippen MR) is 115 cm³/mol. The molecule has 0 atom stereocenters. The van der Waals surface area contributed by atoms with Gasteiger partial charge in [0.15, 0.2) is 0 Å². The minimum Gasteiger partial charge on any atom is -0.395 e. The fourth-order valence-corrected chi connectivity index (χ4v) is 3.35. The standard InChI is InChI=1S/C22H23FN6O/c1-28(2)14-15-8-11-29-19(13-15)27-20(16-3-5-17(23)6-4-16)21(29)18-7-9-24-22(26-18)25-10-12-30/h3-9,11,13,30H,10,12,14H2,1-2H3,(H,24,25,26). The van der Waals surface area contributed by atoms with Crippen molar-refractivity contribution in [2.45, 2.75) is 6.54 Å². The fraction of sp³-hybridized carbons (Fsp3) is 0.227. The number of rotatable bonds is 7. The van der Waals surface area contributed by atoms with Crippen molar-refractivity contribution in [3.8, 4) is 22.6 Å². The number of aliphatic hydroxyl groups is 1. The van der Waals surface area contributed by atoms with Gasteiger partial charge in [-0.2, -0.15) is 0 Å². The van der Waals surface area contributed by atoms with Crippen molar-refractivity contribution < 1.29 is 9.50 Å². The van der Waals surface area contributed by atoms with Crippen LogP contribution in [0.25, 0.3) is 28.3 Å². The van der Waals surface area contributed by atoms with Gasteiger partial charge in [-0.25, -0.2) is 19.3 Å². The van der Waals surface area contributed by atoms with Crippen LogP contribution in [0, 0.1) is 5.82 Å². The number of benzene rings is 1. The highest BCUT2D eigenvalue weighted by Gasteiger charge is 2.18. The Morgan fingerprint density at radius 1 is 1.10 bits per heavy atom. The molecule has 30 heavy (non-hydrogen) atoms. The van der Waals surface area contributed by atoms with Crippen LogP contribution in [-0.2, 0) is 6.54 Å². The zero-order valence-electron chi connectivity index (χ0n) is 16.9. The smallest absolute Gasteiger partial charge is 0.223 e. The molecular formula is C22H23FN6O. The lowest BCUT2D eigenvalue weighted by Crippen LogP contribution is -2.10. The van der Waals surface area contributed by atoms with E-state index >= 15 is 0 Å². The summed E-state index contributed by atoms with van der Waals surface area (Å²) in [5.74, 6) is 0.126. The normalized spacial score (nSPS) is 11.4. The number of halogens is 1. The Labute approximate surface area is 173 Å². The van der Waals surface area contributed by atoms with Gasteiger partial charge in [-0.15, -0.1) is 0 Å². The quantitative estimate of drug-likeness (QED) is 0.491. The molecule has 0 saturated carbocycles. The molecule has 7 nitrogen and oxygen atoms in total. The summed E-state index contributed by atoms with van der Waals surface area (Å²) in [6.07, 6.45) is 3.64. The van der Waals surface area contributed by atoms with Crippen LogP contribution in [0.1, 0.15) is 5.56 Å². The molecule has 0 bridgehead atoms. The first-order valence-electron chi connectivity index (χ1n) is 9.65. The number of nitrogens with one attached hydrogen (secondary N) is 1. The predicted octanol–water partition coefficient (Wildman–Crippen LogP) is 3.06. The van der Waals surface area contributed by atoms with Crippen molar-refractivity contribution in [3.05, 3.63) is 66.2 Å². The van der Waals surface area contributed by atoms with Crippen LogP contribution in [0.3, 0.4) is 0 Å². The first-order chi connectivity index (χ1) is 14.5. The van der Waals surface area contributed by atoms with Crippen LogP contribution in [-0.4, -0.2) is 56.6 Å². The van der Waals surface area contributed by atoms with Gasteiger partial charge in [-0.3, -0.25) is 4.40 Å². The summed E-state index contributed by atoms with van der Waals surface area (Å²) < 4.78 is 15.5. The van der Waals surface area contributed by atoms with Crippen molar-refractivity contribution in [2.75, 3.05) is 32.6 Å². The summed E-state index contributed by atoms with van der Waals surface area (Å²) in [7, 11) is 4.04. The van der Waals surface area contributed by atoms with Crippen LogP contribution in [0.5, 0.6) is 0 Å². The molecule has 0 aliphatic rings. The Bertz CT molecular complexity index is 1160. The molecule has 0 unspecified atom stereocenters. The summed E-state index contributed by atoms with van der Waals surface area (Å²) in [5, 5.41) is 12.0. The monoisotopic (exact) mass is 406 g/mol. The van der Waals surface area contributed by atoms with Crippen molar-refractivity contribution in [1.29, 1.82) is 0 Å². The molecule has 0 aliphatic carbocycles. The zero-order chi connectivity index (χ0) is 21.1. The molecule has 0 saturated heterocycles. The molecule has 8 heteroatoms. The molecule has 4 rings (SSSR count). The number of anilines is 1. The second kappa shape index (κ2) is 8.56. The zero-order valence-corrected chi connectivity index (χ0v) is 16.9. The largest absolute Gasteiger partial charge is 0.395 e. The van der Waals surface area contributed by atoms with Gasteiger partial charge < -0.3 is 15.3 Å². The minimum absolute atomic E-state index is 0.0152. The molecule has 0 radical (unpaired) electrons. The van der Waals surface area contributed by atoms with E-state index in [-0.39, 0.29) is 12.4 Å². The SMILES string of the molecule is CN(C)Cc1ccn2c(-c3ccnc(NCCO)n3)c(-c3ccc(F)cc3)nc2c1. The average Bonchev–Trinajstić information content (AvgIpc) is 3.11. The third-order valence-electron chi connectivity index (χ3n) is 4.60. The number of pyridine rings is 1. The highest BCUT2D eigenvalue weighted by Crippen LogP contribution is 2.32. The van der Waals surface area contributed by atoms with E-state index in [0.29, 0.717) is 23.9 Å². The van der Waals surface area contributed by atoms with Gasteiger partial charge in [0, 0.05) is 31.0 Å². The van der Waals surface area contributed by atoms with Gasteiger partial charge in [-0.1, -0.05) is 0 Å². The van der Waals surface area contributed by atoms with E-state index in [1.54, 1.807) is 18.3 Å². The molecule has 0 amide bonds. The van der Waals surface area contributed by atoms with E-state index in [4.69, 9.17) is 10.1 Å². The van der Waals surface area contributed by atoms with Gasteiger partial charge >= 0.3 is 0 Å². The van der Waals surface area contributed by atoms with Gasteiger partial charge in [0.1, 0.15) is 11.5 Å². The van der Waals surface area contributed by atoms with E-state index in [9.17, 15) is 4.39 Å². The lowest BCUT2D eigenvalue weighted by Gasteiger charge is -2.10. The number of hydrogen-bond acceptors (Lipinski definition) is 6. The fourth-order valence-electron chi connectivity index (χ4n) is 3.35. The van der Waals surface area contributed by atoms with Crippen molar-refractivity contribution in [3.63, 3.8) is 0 Å². The summed E-state index contributed by atoms with van der Waals surface area (Å²) >= 11 is 0. The maximum atomic E-state index is 13.5. The number of nitrogens with zero attached hydrogens (tertiary/aromatic N) is 5. The van der Waals surface area contributed by atoms with Gasteiger partial charge in [0.2, 0.25) is 5.95 Å². The summed E-state index contributed by atoms with van der Waals surface area (Å²) in [6.45, 7) is 1.14. The molecule has 0 spiro atoms. The van der Waals surface area contributed by atoms with Crippen LogP contribution < -0.4 is 5.32 Å². The van der Waals surface area contributed by atoms with Crippen LogP contribution in [0.2, 0.25) is 0 Å². The molecule has 4 aromatic rings. The van der Waals surface area contributed by atoms with E-state index in [0.717, 1.165) is 29.0 Å². The van der Waals surface area contributed by atoms with Crippen LogP contribution in [0.15, 0.2) is 54.9 Å². The van der Waals surface area contributed by atoms with Crippen molar-refractivity contribution in [1.82, 2.24) is 24.3 Å². The summed E-state index contributed by atoms with van der Waals surface area (Å²) in [6, 6.07) is 12.2. The number of aromatic nitrogens is 4. The number of imidazole rings is 1. The maximum Gasteiger partial charge on any atom is 0.223 e. The summed E-state index contributed by atoms with van der Waals surface area (Å²) in [4.78, 5) is 15.8. The first-order valence-corrected chi connectivity index (χ1v) is 9.65. The van der Waals surface area contributed by atoms with Gasteiger partial charge in [-0.05, 0) is 62.1 Å². The number of hydrogen-bond donors (Lipinski definition) is 2. The maximum absolute atomic E-state index is 13.5. The Morgan fingerprint density at radius 2 is 1.90 bits per heavy atom. The van der Waals surface area contributed by atoms with Gasteiger partial charge in [0.25, 0.3) is 0 Å². The molecule has 3 heterocycles. The molecule has 154 valence electrons. The highest BCUT2D eigenvalue weighted by atomic mass is 19.1. The molecule has 1 aromatic carbocycles. The van der Waals surface area contributed by atoms with Crippen LogP contribution in [0.4, 0.5) is 10.3 Å². The van der Waals surface area contributed by atoms with Crippen molar-refractivity contribution >= 4 is 11.6 Å². The van der Waals surface area contributed by atoms with E-state index in [1.807, 2.05) is 36.8 Å².